The van der Waals surface area contributed by atoms with Crippen LogP contribution >= 0.6 is 23.2 Å². The lowest BCUT2D eigenvalue weighted by Gasteiger charge is -2.16. The molecule has 3 aromatic rings. The van der Waals surface area contributed by atoms with E-state index in [-0.39, 0.29) is 30.4 Å². The van der Waals surface area contributed by atoms with Gasteiger partial charge in [-0.2, -0.15) is 0 Å². The van der Waals surface area contributed by atoms with Crippen LogP contribution in [-0.2, 0) is 16.1 Å². The van der Waals surface area contributed by atoms with E-state index in [4.69, 9.17) is 32.7 Å². The summed E-state index contributed by atoms with van der Waals surface area (Å²) < 4.78 is 12.0. The van der Waals surface area contributed by atoms with Crippen molar-refractivity contribution in [3.8, 4) is 5.75 Å². The molecule has 1 heterocycles. The van der Waals surface area contributed by atoms with Crippen LogP contribution in [0.5, 0.6) is 5.75 Å². The van der Waals surface area contributed by atoms with Crippen LogP contribution in [0.1, 0.15) is 31.9 Å². The Morgan fingerprint density at radius 1 is 1.18 bits per heavy atom. The van der Waals surface area contributed by atoms with Gasteiger partial charge >= 0.3 is 5.97 Å². The molecule has 0 aliphatic carbocycles. The monoisotopic (exact) mass is 501 g/mol. The first-order valence-corrected chi connectivity index (χ1v) is 11.4. The van der Waals surface area contributed by atoms with Crippen LogP contribution in [0.4, 0.5) is 11.6 Å². The molecule has 0 saturated heterocycles. The number of benzene rings is 2. The van der Waals surface area contributed by atoms with E-state index in [0.717, 1.165) is 5.56 Å². The zero-order valence-corrected chi connectivity index (χ0v) is 20.6. The number of rotatable bonds is 9. The van der Waals surface area contributed by atoms with Gasteiger partial charge in [-0.15, -0.1) is 0 Å². The number of hydrogen-bond acceptors (Lipinski definition) is 6. The Bertz CT molecular complexity index is 1240. The number of ether oxygens (including phenoxy) is 2. The van der Waals surface area contributed by atoms with Gasteiger partial charge < -0.3 is 14.8 Å². The lowest BCUT2D eigenvalue weighted by atomic mass is 10.2. The van der Waals surface area contributed by atoms with E-state index in [9.17, 15) is 9.59 Å². The fourth-order valence-corrected chi connectivity index (χ4v) is 3.40. The molecular formula is C25H25Cl2N3O4. The van der Waals surface area contributed by atoms with Crippen molar-refractivity contribution in [3.05, 3.63) is 86.3 Å². The van der Waals surface area contributed by atoms with E-state index in [1.165, 1.54) is 22.9 Å². The molecule has 7 nitrogen and oxygen atoms in total. The molecular weight excluding hydrogens is 477 g/mol. The third-order valence-corrected chi connectivity index (χ3v) is 5.11. The highest BCUT2D eigenvalue weighted by Gasteiger charge is 2.12. The number of nitrogens with one attached hydrogen (secondary N) is 1. The van der Waals surface area contributed by atoms with E-state index < -0.39 is 5.97 Å². The minimum atomic E-state index is -0.535. The van der Waals surface area contributed by atoms with Gasteiger partial charge in [0.15, 0.2) is 0 Å². The molecule has 2 aromatic carbocycles. The van der Waals surface area contributed by atoms with Crippen molar-refractivity contribution in [2.24, 2.45) is 0 Å². The molecule has 0 amide bonds. The van der Waals surface area contributed by atoms with Gasteiger partial charge in [0, 0.05) is 23.0 Å². The van der Waals surface area contributed by atoms with E-state index in [0.29, 0.717) is 27.4 Å². The van der Waals surface area contributed by atoms with Gasteiger partial charge in [0.2, 0.25) is 5.95 Å². The quantitative estimate of drug-likeness (QED) is 0.298. The van der Waals surface area contributed by atoms with Crippen molar-refractivity contribution in [3.63, 3.8) is 0 Å². The molecule has 178 valence electrons. The second kappa shape index (κ2) is 11.7. The maximum absolute atomic E-state index is 13.3. The van der Waals surface area contributed by atoms with Gasteiger partial charge in [0.05, 0.1) is 29.8 Å². The molecule has 0 aliphatic rings. The minimum absolute atomic E-state index is 0.0160. The Morgan fingerprint density at radius 2 is 1.91 bits per heavy atom. The van der Waals surface area contributed by atoms with E-state index in [1.54, 1.807) is 37.3 Å². The summed E-state index contributed by atoms with van der Waals surface area (Å²) in [6.07, 6.45) is 3.98. The molecule has 0 radical (unpaired) electrons. The van der Waals surface area contributed by atoms with E-state index in [1.807, 2.05) is 26.0 Å². The Hall–Kier alpha value is -3.29. The molecule has 0 saturated carbocycles. The van der Waals surface area contributed by atoms with Crippen molar-refractivity contribution in [2.75, 3.05) is 11.9 Å². The van der Waals surface area contributed by atoms with Crippen molar-refractivity contribution in [1.29, 1.82) is 0 Å². The highest BCUT2D eigenvalue weighted by atomic mass is 35.5. The van der Waals surface area contributed by atoms with Crippen LogP contribution in [0.25, 0.3) is 6.08 Å². The van der Waals surface area contributed by atoms with Crippen LogP contribution in [0.2, 0.25) is 10.0 Å². The number of halogens is 2. The maximum Gasteiger partial charge on any atom is 0.330 e. The summed E-state index contributed by atoms with van der Waals surface area (Å²) in [7, 11) is 0. The minimum Gasteiger partial charge on any atom is -0.489 e. The van der Waals surface area contributed by atoms with Gasteiger partial charge in [0.25, 0.3) is 5.56 Å². The lowest BCUT2D eigenvalue weighted by Crippen LogP contribution is -2.26. The SMILES string of the molecule is CCOC(=O)/C=C/c1cnc(Nc2ccc(OC(C)C)c(Cl)c2)n(Cc2ccc(Cl)cc2)c1=O. The molecule has 1 N–H and O–H groups in total. The van der Waals surface area contributed by atoms with Crippen molar-refractivity contribution in [1.82, 2.24) is 9.55 Å². The second-order valence-corrected chi connectivity index (χ2v) is 8.42. The van der Waals surface area contributed by atoms with Gasteiger partial charge in [-0.1, -0.05) is 35.3 Å². The zero-order valence-electron chi connectivity index (χ0n) is 19.0. The third-order valence-electron chi connectivity index (χ3n) is 4.56. The third kappa shape index (κ3) is 6.85. The van der Waals surface area contributed by atoms with Crippen LogP contribution in [0.15, 0.2) is 59.5 Å². The molecule has 0 unspecified atom stereocenters. The molecule has 34 heavy (non-hydrogen) atoms. The summed E-state index contributed by atoms with van der Waals surface area (Å²) in [5.74, 6) is 0.335. The molecule has 3 rings (SSSR count). The van der Waals surface area contributed by atoms with Gasteiger partial charge in [-0.25, -0.2) is 9.78 Å². The standard InChI is InChI=1S/C25H25Cl2N3O4/c1-4-33-23(31)12-7-18-14-28-25(29-20-10-11-22(21(27)13-20)34-16(2)3)30(24(18)32)15-17-5-8-19(26)9-6-17/h5-14,16H,4,15H2,1-3H3,(H,28,29)/b12-7+. The second-order valence-electron chi connectivity index (χ2n) is 7.58. The summed E-state index contributed by atoms with van der Waals surface area (Å²) in [6, 6.07) is 12.4. The number of carbonyl (C=O) groups excluding carboxylic acids is 1. The summed E-state index contributed by atoms with van der Waals surface area (Å²) in [6.45, 7) is 6.02. The van der Waals surface area contributed by atoms with Crippen LogP contribution in [0.3, 0.4) is 0 Å². The van der Waals surface area contributed by atoms with Crippen LogP contribution < -0.4 is 15.6 Å². The number of carbonyl (C=O) groups is 1. The van der Waals surface area contributed by atoms with Crippen LogP contribution in [0, 0.1) is 0 Å². The van der Waals surface area contributed by atoms with E-state index >= 15 is 0 Å². The Kier molecular flexibility index (Phi) is 8.73. The van der Waals surface area contributed by atoms with E-state index in [2.05, 4.69) is 10.3 Å². The summed E-state index contributed by atoms with van der Waals surface area (Å²) in [5.41, 5.74) is 1.39. The molecule has 0 aliphatic heterocycles. The molecule has 9 heteroatoms. The first-order chi connectivity index (χ1) is 16.3. The normalized spacial score (nSPS) is 11.1. The average Bonchev–Trinajstić information content (AvgIpc) is 2.79. The van der Waals surface area contributed by atoms with Gasteiger partial charge in [-0.3, -0.25) is 9.36 Å². The molecule has 0 fully saturated rings. The number of anilines is 2. The number of esters is 1. The first-order valence-electron chi connectivity index (χ1n) is 10.7. The smallest absolute Gasteiger partial charge is 0.330 e. The molecule has 0 atom stereocenters. The zero-order chi connectivity index (χ0) is 24.7. The number of nitrogens with zero attached hydrogens (tertiary/aromatic N) is 2. The number of hydrogen-bond donors (Lipinski definition) is 1. The maximum atomic E-state index is 13.3. The highest BCUT2D eigenvalue weighted by molar-refractivity contribution is 6.32. The fraction of sp³-hybridized carbons (Fsp3) is 0.240. The average molecular weight is 502 g/mol. The predicted molar refractivity (Wildman–Crippen MR) is 135 cm³/mol. The summed E-state index contributed by atoms with van der Waals surface area (Å²) >= 11 is 12.4. The first kappa shape index (κ1) is 25.3. The lowest BCUT2D eigenvalue weighted by molar-refractivity contribution is -0.137. The Morgan fingerprint density at radius 3 is 2.56 bits per heavy atom. The van der Waals surface area contributed by atoms with Gasteiger partial charge in [-0.05, 0) is 62.7 Å². The Balaban J connectivity index is 1.97. The summed E-state index contributed by atoms with van der Waals surface area (Å²) in [4.78, 5) is 29.4. The Labute approximate surface area is 207 Å². The highest BCUT2D eigenvalue weighted by Crippen LogP contribution is 2.29. The largest absolute Gasteiger partial charge is 0.489 e. The topological polar surface area (TPSA) is 82.4 Å². The summed E-state index contributed by atoms with van der Waals surface area (Å²) in [5, 5.41) is 4.17. The van der Waals surface area contributed by atoms with Crippen molar-refractivity contribution in [2.45, 2.75) is 33.4 Å². The van der Waals surface area contributed by atoms with Crippen molar-refractivity contribution < 1.29 is 14.3 Å². The predicted octanol–water partition coefficient (Wildman–Crippen LogP) is 5.71. The number of aromatic nitrogens is 2. The molecule has 1 aromatic heterocycles. The molecule has 0 spiro atoms. The van der Waals surface area contributed by atoms with Crippen molar-refractivity contribution >= 4 is 46.9 Å². The fourth-order valence-electron chi connectivity index (χ4n) is 3.05. The van der Waals surface area contributed by atoms with Crippen LogP contribution in [-0.4, -0.2) is 28.2 Å². The van der Waals surface area contributed by atoms with Gasteiger partial charge in [0.1, 0.15) is 5.75 Å². The molecule has 0 bridgehead atoms.